The average molecular weight is 542 g/mol. The molecular weight excluding hydrogens is 506 g/mol. The van der Waals surface area contributed by atoms with E-state index in [2.05, 4.69) is 0 Å². The lowest BCUT2D eigenvalue weighted by molar-refractivity contribution is -0.155. The van der Waals surface area contributed by atoms with Gasteiger partial charge in [0.15, 0.2) is 0 Å². The zero-order valence-electron chi connectivity index (χ0n) is 22.8. The molecular formula is C32H35N3O5. The van der Waals surface area contributed by atoms with E-state index in [1.165, 1.54) is 4.90 Å². The SMILES string of the molecule is C[C@H](CO)N1C(=O)[C@@H]2[C@H]3C(=O)N(Cc4ccccc4)CC=C[C@@]3(C)O[C@@]23C=CCN(Cc2ccccc2)C(=O)C13. The van der Waals surface area contributed by atoms with Crippen LogP contribution in [0.5, 0.6) is 0 Å². The summed E-state index contributed by atoms with van der Waals surface area (Å²) in [4.78, 5) is 47.9. The van der Waals surface area contributed by atoms with Crippen molar-refractivity contribution < 1.29 is 24.2 Å². The standard InChI is InChI=1S/C32H35N3O5/c1-22(21-36)35-27-30(39)34(20-24-13-7-4-8-14-24)18-10-16-32(27)26(29(35)38)25-28(37)33(17-9-15-31(25,2)40-32)19-23-11-5-3-6-12-23/h3-16,22,25-27,36H,17-21H2,1-2H3/t22-,25+,26+,27?,31-,32+/m1/s1. The average Bonchev–Trinajstić information content (AvgIpc) is 3.25. The van der Waals surface area contributed by atoms with Crippen LogP contribution in [0.1, 0.15) is 25.0 Å². The summed E-state index contributed by atoms with van der Waals surface area (Å²) in [5.74, 6) is -2.47. The van der Waals surface area contributed by atoms with E-state index >= 15 is 0 Å². The highest BCUT2D eigenvalue weighted by atomic mass is 16.5. The van der Waals surface area contributed by atoms with E-state index in [9.17, 15) is 19.5 Å². The molecule has 0 saturated carbocycles. The number of carbonyl (C=O) groups excluding carboxylic acids is 3. The van der Waals surface area contributed by atoms with Crippen molar-refractivity contribution in [2.45, 2.75) is 50.2 Å². The molecule has 0 radical (unpaired) electrons. The van der Waals surface area contributed by atoms with E-state index < -0.39 is 35.1 Å². The lowest BCUT2D eigenvalue weighted by Crippen LogP contribution is -2.58. The molecule has 4 heterocycles. The molecule has 1 unspecified atom stereocenters. The smallest absolute Gasteiger partial charge is 0.249 e. The lowest BCUT2D eigenvalue weighted by Gasteiger charge is -2.39. The number of nitrogens with zero attached hydrogens (tertiary/aromatic N) is 3. The fourth-order valence-corrected chi connectivity index (χ4v) is 7.01. The summed E-state index contributed by atoms with van der Waals surface area (Å²) in [7, 11) is 0. The van der Waals surface area contributed by atoms with Crippen molar-refractivity contribution in [1.29, 1.82) is 0 Å². The molecule has 1 spiro atoms. The summed E-state index contributed by atoms with van der Waals surface area (Å²) in [6.45, 7) is 4.80. The number of ether oxygens (including phenoxy) is 1. The number of benzene rings is 2. The van der Waals surface area contributed by atoms with Crippen LogP contribution in [0.3, 0.4) is 0 Å². The second-order valence-electron chi connectivity index (χ2n) is 11.5. The Kier molecular flexibility index (Phi) is 6.63. The Labute approximate surface area is 234 Å². The van der Waals surface area contributed by atoms with E-state index in [0.29, 0.717) is 26.2 Å². The van der Waals surface area contributed by atoms with Gasteiger partial charge < -0.3 is 24.5 Å². The van der Waals surface area contributed by atoms with Crippen LogP contribution < -0.4 is 0 Å². The maximum absolute atomic E-state index is 14.3. The molecule has 208 valence electrons. The van der Waals surface area contributed by atoms with Gasteiger partial charge in [-0.1, -0.05) is 85.0 Å². The quantitative estimate of drug-likeness (QED) is 0.568. The Morgan fingerprint density at radius 1 is 0.825 bits per heavy atom. The van der Waals surface area contributed by atoms with Gasteiger partial charge in [-0.15, -0.1) is 0 Å². The first kappa shape index (κ1) is 26.5. The Balaban J connectivity index is 1.41. The van der Waals surface area contributed by atoms with Crippen molar-refractivity contribution in [3.8, 4) is 0 Å². The van der Waals surface area contributed by atoms with Gasteiger partial charge in [0.2, 0.25) is 17.7 Å². The normalized spacial score (nSPS) is 32.0. The number of aliphatic hydroxyl groups is 1. The van der Waals surface area contributed by atoms with E-state index in [1.54, 1.807) is 16.7 Å². The molecule has 4 aliphatic rings. The number of likely N-dealkylation sites (tertiary alicyclic amines) is 1. The van der Waals surface area contributed by atoms with E-state index in [-0.39, 0.29) is 24.3 Å². The maximum Gasteiger partial charge on any atom is 0.249 e. The summed E-state index contributed by atoms with van der Waals surface area (Å²) >= 11 is 0. The summed E-state index contributed by atoms with van der Waals surface area (Å²) in [6.07, 6.45) is 7.55. The third-order valence-corrected chi connectivity index (χ3v) is 8.83. The molecule has 0 aromatic heterocycles. The van der Waals surface area contributed by atoms with Crippen LogP contribution in [0.25, 0.3) is 0 Å². The number of fused-ring (bicyclic) bond motifs is 2. The molecule has 4 aliphatic heterocycles. The number of hydrogen-bond acceptors (Lipinski definition) is 5. The molecule has 40 heavy (non-hydrogen) atoms. The van der Waals surface area contributed by atoms with Crippen molar-refractivity contribution in [3.63, 3.8) is 0 Å². The highest BCUT2D eigenvalue weighted by Gasteiger charge is 2.75. The second kappa shape index (κ2) is 10.0. The summed E-state index contributed by atoms with van der Waals surface area (Å²) < 4.78 is 6.85. The minimum Gasteiger partial charge on any atom is -0.394 e. The van der Waals surface area contributed by atoms with Gasteiger partial charge in [0.1, 0.15) is 11.6 Å². The molecule has 6 atom stereocenters. The van der Waals surface area contributed by atoms with Crippen LogP contribution in [0.2, 0.25) is 0 Å². The van der Waals surface area contributed by atoms with Crippen molar-refractivity contribution in [3.05, 3.63) is 96.1 Å². The van der Waals surface area contributed by atoms with Gasteiger partial charge in [-0.25, -0.2) is 0 Å². The first-order chi connectivity index (χ1) is 19.3. The van der Waals surface area contributed by atoms with Gasteiger partial charge in [0.25, 0.3) is 0 Å². The Hall–Kier alpha value is -3.75. The van der Waals surface area contributed by atoms with E-state index in [4.69, 9.17) is 4.74 Å². The zero-order chi connectivity index (χ0) is 28.1. The van der Waals surface area contributed by atoms with Gasteiger partial charge >= 0.3 is 0 Å². The predicted octanol–water partition coefficient (Wildman–Crippen LogP) is 2.54. The van der Waals surface area contributed by atoms with Gasteiger partial charge in [0, 0.05) is 26.2 Å². The van der Waals surface area contributed by atoms with Gasteiger partial charge in [0.05, 0.1) is 30.1 Å². The van der Waals surface area contributed by atoms with Crippen molar-refractivity contribution in [2.24, 2.45) is 11.8 Å². The molecule has 1 N–H and O–H groups in total. The Morgan fingerprint density at radius 3 is 1.95 bits per heavy atom. The van der Waals surface area contributed by atoms with Crippen molar-refractivity contribution in [1.82, 2.24) is 14.7 Å². The molecule has 2 fully saturated rings. The van der Waals surface area contributed by atoms with Crippen molar-refractivity contribution in [2.75, 3.05) is 19.7 Å². The molecule has 0 bridgehead atoms. The lowest BCUT2D eigenvalue weighted by atomic mass is 9.74. The maximum atomic E-state index is 14.3. The van der Waals surface area contributed by atoms with Crippen LogP contribution in [-0.4, -0.2) is 80.5 Å². The van der Waals surface area contributed by atoms with E-state index in [1.807, 2.05) is 91.9 Å². The molecule has 2 saturated heterocycles. The predicted molar refractivity (Wildman–Crippen MR) is 148 cm³/mol. The topological polar surface area (TPSA) is 90.4 Å². The third-order valence-electron chi connectivity index (χ3n) is 8.83. The number of amides is 3. The molecule has 3 amide bonds. The largest absolute Gasteiger partial charge is 0.394 e. The first-order valence-corrected chi connectivity index (χ1v) is 13.9. The highest BCUT2D eigenvalue weighted by molar-refractivity contribution is 6.00. The first-order valence-electron chi connectivity index (χ1n) is 13.9. The zero-order valence-corrected chi connectivity index (χ0v) is 22.8. The minimum atomic E-state index is -1.34. The number of hydrogen-bond donors (Lipinski definition) is 1. The van der Waals surface area contributed by atoms with Gasteiger partial charge in [-0.3, -0.25) is 14.4 Å². The second-order valence-corrected chi connectivity index (χ2v) is 11.5. The molecule has 0 aliphatic carbocycles. The number of rotatable bonds is 6. The minimum absolute atomic E-state index is 0.171. The van der Waals surface area contributed by atoms with Crippen molar-refractivity contribution >= 4 is 17.7 Å². The van der Waals surface area contributed by atoms with Crippen LogP contribution in [0.4, 0.5) is 0 Å². The summed E-state index contributed by atoms with van der Waals surface area (Å²) in [5, 5.41) is 10.1. The fraction of sp³-hybridized carbons (Fsp3) is 0.406. The number of aliphatic hydroxyl groups excluding tert-OH is 1. The molecule has 8 heteroatoms. The van der Waals surface area contributed by atoms with Gasteiger partial charge in [-0.2, -0.15) is 0 Å². The molecule has 2 aromatic carbocycles. The van der Waals surface area contributed by atoms with Crippen LogP contribution in [0.15, 0.2) is 85.0 Å². The highest BCUT2D eigenvalue weighted by Crippen LogP contribution is 2.57. The van der Waals surface area contributed by atoms with Crippen LogP contribution in [0, 0.1) is 11.8 Å². The Morgan fingerprint density at radius 2 is 1.38 bits per heavy atom. The summed E-state index contributed by atoms with van der Waals surface area (Å²) in [5.41, 5.74) is -0.441. The Bertz CT molecular complexity index is 1360. The fourth-order valence-electron chi connectivity index (χ4n) is 7.01. The van der Waals surface area contributed by atoms with Gasteiger partial charge in [-0.05, 0) is 25.0 Å². The summed E-state index contributed by atoms with van der Waals surface area (Å²) in [6, 6.07) is 17.8. The molecule has 8 nitrogen and oxygen atoms in total. The third kappa shape index (κ3) is 4.09. The van der Waals surface area contributed by atoms with E-state index in [0.717, 1.165) is 11.1 Å². The number of carbonyl (C=O) groups is 3. The van der Waals surface area contributed by atoms with Crippen LogP contribution in [-0.2, 0) is 32.2 Å². The molecule has 6 rings (SSSR count). The monoisotopic (exact) mass is 541 g/mol. The van der Waals surface area contributed by atoms with Crippen LogP contribution >= 0.6 is 0 Å². The molecule has 2 aromatic rings.